The fraction of sp³-hybridized carbons (Fsp3) is 0.450. The fourth-order valence-electron chi connectivity index (χ4n) is 3.36. The van der Waals surface area contributed by atoms with Crippen molar-refractivity contribution in [2.24, 2.45) is 7.05 Å². The number of rotatable bonds is 6. The maximum Gasteiger partial charge on any atom is 0.416 e. The lowest BCUT2D eigenvalue weighted by molar-refractivity contribution is -0.137. The van der Waals surface area contributed by atoms with Gasteiger partial charge in [-0.25, -0.2) is 4.79 Å². The number of benzene rings is 1. The predicted molar refractivity (Wildman–Crippen MR) is 108 cm³/mol. The Kier molecular flexibility index (Phi) is 6.84. The van der Waals surface area contributed by atoms with Crippen LogP contribution in [0.25, 0.3) is 0 Å². The Balaban J connectivity index is 1.56. The van der Waals surface area contributed by atoms with E-state index in [1.54, 1.807) is 20.0 Å². The van der Waals surface area contributed by atoms with Gasteiger partial charge >= 0.3 is 12.1 Å². The maximum absolute atomic E-state index is 12.9. The van der Waals surface area contributed by atoms with E-state index in [9.17, 15) is 22.8 Å². The Morgan fingerprint density at radius 3 is 2.55 bits per heavy atom. The Labute approximate surface area is 177 Å². The van der Waals surface area contributed by atoms with Gasteiger partial charge in [-0.05, 0) is 25.1 Å². The van der Waals surface area contributed by atoms with Crippen molar-refractivity contribution in [1.29, 1.82) is 0 Å². The molecule has 1 amide bonds. The highest BCUT2D eigenvalue weighted by molar-refractivity contribution is 6.00. The molecule has 0 spiro atoms. The predicted octanol–water partition coefficient (Wildman–Crippen LogP) is 2.38. The molecule has 0 atom stereocenters. The smallest absolute Gasteiger partial charge is 0.416 e. The van der Waals surface area contributed by atoms with Crippen molar-refractivity contribution >= 4 is 23.4 Å². The summed E-state index contributed by atoms with van der Waals surface area (Å²) < 4.78 is 45.2. The van der Waals surface area contributed by atoms with Crippen molar-refractivity contribution in [2.75, 3.05) is 49.5 Å². The highest BCUT2D eigenvalue weighted by Crippen LogP contribution is 2.31. The van der Waals surface area contributed by atoms with Crippen molar-refractivity contribution in [3.63, 3.8) is 0 Å². The summed E-state index contributed by atoms with van der Waals surface area (Å²) >= 11 is 0. The van der Waals surface area contributed by atoms with E-state index >= 15 is 0 Å². The Morgan fingerprint density at radius 1 is 1.19 bits per heavy atom. The summed E-state index contributed by atoms with van der Waals surface area (Å²) in [5.74, 6) is -0.631. The standard InChI is InChI=1S/C20H24F3N5O3/c1-3-31-19(30)16-12-24-26(2)18(16)25-17(29)13-27-7-9-28(10-8-27)15-6-4-5-14(11-15)20(21,22)23/h4-6,11-12H,3,7-10,13H2,1-2H3,(H,25,29). The van der Waals surface area contributed by atoms with Gasteiger partial charge in [-0.15, -0.1) is 0 Å². The van der Waals surface area contributed by atoms with Gasteiger partial charge < -0.3 is 15.0 Å². The molecule has 1 aliphatic heterocycles. The summed E-state index contributed by atoms with van der Waals surface area (Å²) in [7, 11) is 1.60. The second-order valence-corrected chi connectivity index (χ2v) is 7.11. The molecule has 1 aliphatic rings. The molecular weight excluding hydrogens is 415 g/mol. The van der Waals surface area contributed by atoms with E-state index in [-0.39, 0.29) is 30.4 Å². The van der Waals surface area contributed by atoms with Crippen LogP contribution < -0.4 is 10.2 Å². The van der Waals surface area contributed by atoms with Gasteiger partial charge in [0.25, 0.3) is 0 Å². The number of carbonyl (C=O) groups is 2. The van der Waals surface area contributed by atoms with Gasteiger partial charge in [0.1, 0.15) is 11.4 Å². The fourth-order valence-corrected chi connectivity index (χ4v) is 3.36. The van der Waals surface area contributed by atoms with E-state index in [1.807, 2.05) is 9.80 Å². The van der Waals surface area contributed by atoms with Gasteiger partial charge in [-0.1, -0.05) is 6.07 Å². The SMILES string of the molecule is CCOC(=O)c1cnn(C)c1NC(=O)CN1CCN(c2cccc(C(F)(F)F)c2)CC1. The molecule has 168 valence electrons. The molecule has 0 radical (unpaired) electrons. The van der Waals surface area contributed by atoms with Gasteiger partial charge in [0.05, 0.1) is 24.9 Å². The average molecular weight is 439 g/mol. The highest BCUT2D eigenvalue weighted by Gasteiger charge is 2.31. The van der Waals surface area contributed by atoms with Gasteiger partial charge in [0.15, 0.2) is 0 Å². The van der Waals surface area contributed by atoms with Crippen molar-refractivity contribution in [3.05, 3.63) is 41.6 Å². The number of amides is 1. The normalized spacial score (nSPS) is 15.1. The van der Waals surface area contributed by atoms with E-state index in [1.165, 1.54) is 16.9 Å². The first-order chi connectivity index (χ1) is 14.7. The number of aromatic nitrogens is 2. The number of hydrogen-bond donors (Lipinski definition) is 1. The van der Waals surface area contributed by atoms with E-state index < -0.39 is 17.7 Å². The number of anilines is 2. The summed E-state index contributed by atoms with van der Waals surface area (Å²) in [5, 5.41) is 6.68. The van der Waals surface area contributed by atoms with E-state index in [0.717, 1.165) is 12.1 Å². The number of carbonyl (C=O) groups excluding carboxylic acids is 2. The van der Waals surface area contributed by atoms with Crippen LogP contribution in [0.4, 0.5) is 24.7 Å². The molecule has 31 heavy (non-hydrogen) atoms. The van der Waals surface area contributed by atoms with E-state index in [0.29, 0.717) is 31.9 Å². The average Bonchev–Trinajstić information content (AvgIpc) is 3.08. The van der Waals surface area contributed by atoms with Crippen LogP contribution in [0.2, 0.25) is 0 Å². The van der Waals surface area contributed by atoms with Crippen LogP contribution in [0.3, 0.4) is 0 Å². The number of hydrogen-bond acceptors (Lipinski definition) is 6. The molecule has 3 rings (SSSR count). The molecule has 1 aromatic carbocycles. The maximum atomic E-state index is 12.9. The summed E-state index contributed by atoms with van der Waals surface area (Å²) in [6.45, 7) is 4.00. The number of halogens is 3. The third kappa shape index (κ3) is 5.54. The first-order valence-electron chi connectivity index (χ1n) is 9.82. The minimum Gasteiger partial charge on any atom is -0.462 e. The van der Waals surface area contributed by atoms with Crippen LogP contribution in [-0.4, -0.2) is 65.9 Å². The molecule has 0 bridgehead atoms. The minimum absolute atomic E-state index is 0.0872. The van der Waals surface area contributed by atoms with Gasteiger partial charge in [0.2, 0.25) is 5.91 Å². The third-order valence-corrected chi connectivity index (χ3v) is 4.97. The molecule has 8 nitrogen and oxygen atoms in total. The quantitative estimate of drug-likeness (QED) is 0.697. The first kappa shape index (κ1) is 22.6. The number of aryl methyl sites for hydroxylation is 1. The number of nitrogens with one attached hydrogen (secondary N) is 1. The second kappa shape index (κ2) is 9.38. The number of nitrogens with zero attached hydrogens (tertiary/aromatic N) is 4. The zero-order valence-electron chi connectivity index (χ0n) is 17.3. The van der Waals surface area contributed by atoms with Crippen molar-refractivity contribution in [2.45, 2.75) is 13.1 Å². The number of esters is 1. The number of alkyl halides is 3. The molecule has 0 aliphatic carbocycles. The topological polar surface area (TPSA) is 79.7 Å². The Bertz CT molecular complexity index is 936. The van der Waals surface area contributed by atoms with Crippen LogP contribution in [-0.2, 0) is 22.8 Å². The number of ether oxygens (including phenoxy) is 1. The zero-order chi connectivity index (χ0) is 22.6. The molecule has 11 heteroatoms. The molecule has 0 unspecified atom stereocenters. The third-order valence-electron chi connectivity index (χ3n) is 4.97. The number of piperazine rings is 1. The monoisotopic (exact) mass is 439 g/mol. The lowest BCUT2D eigenvalue weighted by Crippen LogP contribution is -2.48. The Morgan fingerprint density at radius 2 is 1.90 bits per heavy atom. The summed E-state index contributed by atoms with van der Waals surface area (Å²) in [6, 6.07) is 5.23. The molecule has 2 aromatic rings. The molecule has 2 heterocycles. The van der Waals surface area contributed by atoms with Gasteiger partial charge in [-0.2, -0.15) is 18.3 Å². The van der Waals surface area contributed by atoms with E-state index in [2.05, 4.69) is 10.4 Å². The summed E-state index contributed by atoms with van der Waals surface area (Å²) in [4.78, 5) is 28.2. The summed E-state index contributed by atoms with van der Waals surface area (Å²) in [5.41, 5.74) is 0.000318. The second-order valence-electron chi connectivity index (χ2n) is 7.11. The van der Waals surface area contributed by atoms with Gasteiger partial charge in [0, 0.05) is 38.9 Å². The van der Waals surface area contributed by atoms with Crippen LogP contribution in [0, 0.1) is 0 Å². The van der Waals surface area contributed by atoms with Gasteiger partial charge in [-0.3, -0.25) is 14.4 Å². The highest BCUT2D eigenvalue weighted by atomic mass is 19.4. The minimum atomic E-state index is -4.38. The zero-order valence-corrected chi connectivity index (χ0v) is 17.3. The largest absolute Gasteiger partial charge is 0.462 e. The molecule has 1 saturated heterocycles. The molecule has 0 saturated carbocycles. The summed E-state index contributed by atoms with van der Waals surface area (Å²) in [6.07, 6.45) is -3.05. The molecular formula is C20H24F3N5O3. The van der Waals surface area contributed by atoms with Crippen molar-refractivity contribution < 1.29 is 27.5 Å². The molecule has 1 fully saturated rings. The van der Waals surface area contributed by atoms with Crippen LogP contribution in [0.1, 0.15) is 22.8 Å². The molecule has 1 N–H and O–H groups in total. The first-order valence-corrected chi connectivity index (χ1v) is 9.82. The molecule has 1 aromatic heterocycles. The lowest BCUT2D eigenvalue weighted by Gasteiger charge is -2.36. The van der Waals surface area contributed by atoms with E-state index in [4.69, 9.17) is 4.74 Å². The Hall–Kier alpha value is -3.08. The lowest BCUT2D eigenvalue weighted by atomic mass is 10.1. The van der Waals surface area contributed by atoms with Crippen molar-refractivity contribution in [1.82, 2.24) is 14.7 Å². The van der Waals surface area contributed by atoms with Crippen LogP contribution in [0.5, 0.6) is 0 Å². The van der Waals surface area contributed by atoms with Crippen molar-refractivity contribution in [3.8, 4) is 0 Å². The van der Waals surface area contributed by atoms with Crippen LogP contribution >= 0.6 is 0 Å². The van der Waals surface area contributed by atoms with Crippen LogP contribution in [0.15, 0.2) is 30.5 Å².